The second-order valence-electron chi connectivity index (χ2n) is 5.94. The fourth-order valence-corrected chi connectivity index (χ4v) is 2.13. The van der Waals surface area contributed by atoms with Gasteiger partial charge in [-0.3, -0.25) is 0 Å². The molecule has 7 nitrogen and oxygen atoms in total. The molecule has 0 fully saturated rings. The number of likely N-dealkylation sites (N-methyl/N-ethyl adjacent to an activating group) is 1. The van der Waals surface area contributed by atoms with Crippen LogP contribution in [0.3, 0.4) is 0 Å². The van der Waals surface area contributed by atoms with Gasteiger partial charge in [0.2, 0.25) is 0 Å². The molecule has 24 heavy (non-hydrogen) atoms. The number of urea groups is 1. The quantitative estimate of drug-likeness (QED) is 0.776. The molecule has 1 heterocycles. The number of ether oxygens (including phenoxy) is 1. The van der Waals surface area contributed by atoms with Gasteiger partial charge in [0.05, 0.1) is 6.33 Å². The molecule has 0 aliphatic heterocycles. The van der Waals surface area contributed by atoms with Gasteiger partial charge in [-0.15, -0.1) is 0 Å². The van der Waals surface area contributed by atoms with Gasteiger partial charge in [0, 0.05) is 37.2 Å². The Labute approximate surface area is 142 Å². The molecule has 2 rings (SSSR count). The van der Waals surface area contributed by atoms with Crippen molar-refractivity contribution in [2.75, 3.05) is 32.6 Å². The summed E-state index contributed by atoms with van der Waals surface area (Å²) < 4.78 is 7.54. The van der Waals surface area contributed by atoms with Gasteiger partial charge in [0.15, 0.2) is 0 Å². The highest BCUT2D eigenvalue weighted by atomic mass is 16.5. The minimum absolute atomic E-state index is 0.00663. The minimum atomic E-state index is -0.233. The number of carbonyl (C=O) groups is 1. The summed E-state index contributed by atoms with van der Waals surface area (Å²) in [6, 6.07) is 7.10. The van der Waals surface area contributed by atoms with Gasteiger partial charge in [-0.2, -0.15) is 0 Å². The second-order valence-corrected chi connectivity index (χ2v) is 5.94. The van der Waals surface area contributed by atoms with Gasteiger partial charge in [0.25, 0.3) is 0 Å². The van der Waals surface area contributed by atoms with Crippen LogP contribution in [0.5, 0.6) is 5.75 Å². The van der Waals surface area contributed by atoms with Crippen molar-refractivity contribution in [3.05, 3.63) is 43.0 Å². The summed E-state index contributed by atoms with van der Waals surface area (Å²) >= 11 is 0. The zero-order chi connectivity index (χ0) is 17.4. The van der Waals surface area contributed by atoms with Crippen LogP contribution in [0, 0.1) is 0 Å². The lowest BCUT2D eigenvalue weighted by molar-refractivity contribution is 0.248. The first-order chi connectivity index (χ1) is 11.5. The number of anilines is 1. The van der Waals surface area contributed by atoms with Crippen molar-refractivity contribution in [2.45, 2.75) is 19.5 Å². The number of hydrogen-bond acceptors (Lipinski definition) is 4. The number of benzene rings is 1. The van der Waals surface area contributed by atoms with Crippen LogP contribution in [0.25, 0.3) is 0 Å². The Morgan fingerprint density at radius 1 is 1.33 bits per heavy atom. The van der Waals surface area contributed by atoms with Crippen molar-refractivity contribution in [1.82, 2.24) is 19.8 Å². The van der Waals surface area contributed by atoms with Gasteiger partial charge in [-0.05, 0) is 45.3 Å². The molecule has 2 amide bonds. The van der Waals surface area contributed by atoms with Crippen LogP contribution < -0.4 is 15.4 Å². The van der Waals surface area contributed by atoms with Crippen molar-refractivity contribution < 1.29 is 9.53 Å². The van der Waals surface area contributed by atoms with E-state index in [1.54, 1.807) is 12.5 Å². The zero-order valence-electron chi connectivity index (χ0n) is 14.4. The van der Waals surface area contributed by atoms with Gasteiger partial charge < -0.3 is 24.8 Å². The van der Waals surface area contributed by atoms with Crippen LogP contribution in [0.2, 0.25) is 0 Å². The first-order valence-electron chi connectivity index (χ1n) is 7.94. The van der Waals surface area contributed by atoms with Crippen LogP contribution in [0.1, 0.15) is 6.92 Å². The maximum absolute atomic E-state index is 12.0. The summed E-state index contributed by atoms with van der Waals surface area (Å²) in [5, 5.41) is 5.71. The normalized spacial score (nSPS) is 12.0. The third-order valence-electron chi connectivity index (χ3n) is 3.34. The van der Waals surface area contributed by atoms with Crippen molar-refractivity contribution >= 4 is 11.7 Å². The molecule has 130 valence electrons. The lowest BCUT2D eigenvalue weighted by Gasteiger charge is -2.15. The number of nitrogens with zero attached hydrogens (tertiary/aromatic N) is 3. The van der Waals surface area contributed by atoms with Crippen LogP contribution >= 0.6 is 0 Å². The van der Waals surface area contributed by atoms with Crippen LogP contribution in [-0.4, -0.2) is 53.8 Å². The average Bonchev–Trinajstić information content (AvgIpc) is 3.01. The molecule has 2 N–H and O–H groups in total. The fourth-order valence-electron chi connectivity index (χ4n) is 2.13. The molecule has 0 bridgehead atoms. The SMILES string of the molecule is C[C@H](Cn1ccnc1)NC(=O)Nc1ccc(OCCN(C)C)cc1. The minimum Gasteiger partial charge on any atom is -0.492 e. The molecule has 0 unspecified atom stereocenters. The highest BCUT2D eigenvalue weighted by Crippen LogP contribution is 2.15. The van der Waals surface area contributed by atoms with Crippen molar-refractivity contribution in [1.29, 1.82) is 0 Å². The molecule has 0 aliphatic carbocycles. The molecule has 2 aromatic rings. The highest BCUT2D eigenvalue weighted by molar-refractivity contribution is 5.89. The van der Waals surface area contributed by atoms with E-state index in [-0.39, 0.29) is 12.1 Å². The maximum atomic E-state index is 12.0. The molecule has 0 saturated heterocycles. The van der Waals surface area contributed by atoms with Gasteiger partial charge in [-0.1, -0.05) is 0 Å². The van der Waals surface area contributed by atoms with E-state index in [1.165, 1.54) is 0 Å². The van der Waals surface area contributed by atoms with E-state index < -0.39 is 0 Å². The largest absolute Gasteiger partial charge is 0.492 e. The lowest BCUT2D eigenvalue weighted by atomic mass is 10.3. The third-order valence-corrected chi connectivity index (χ3v) is 3.34. The Kier molecular flexibility index (Phi) is 6.62. The summed E-state index contributed by atoms with van der Waals surface area (Å²) in [6.45, 7) is 4.11. The monoisotopic (exact) mass is 331 g/mol. The predicted octanol–water partition coefficient (Wildman–Crippen LogP) is 2.03. The van der Waals surface area contributed by atoms with Crippen LogP contribution in [-0.2, 0) is 6.54 Å². The molecule has 7 heteroatoms. The lowest BCUT2D eigenvalue weighted by Crippen LogP contribution is -2.38. The number of nitrogens with one attached hydrogen (secondary N) is 2. The zero-order valence-corrected chi connectivity index (χ0v) is 14.4. The van der Waals surface area contributed by atoms with E-state index >= 15 is 0 Å². The van der Waals surface area contributed by atoms with E-state index in [0.717, 1.165) is 18.0 Å². The predicted molar refractivity (Wildman–Crippen MR) is 94.3 cm³/mol. The number of hydrogen-bond donors (Lipinski definition) is 2. The van der Waals surface area contributed by atoms with E-state index in [0.29, 0.717) is 13.2 Å². The summed E-state index contributed by atoms with van der Waals surface area (Å²) in [5.74, 6) is 0.788. The fraction of sp³-hybridized carbons (Fsp3) is 0.412. The van der Waals surface area contributed by atoms with Gasteiger partial charge in [0.1, 0.15) is 12.4 Å². The van der Waals surface area contributed by atoms with Gasteiger partial charge >= 0.3 is 6.03 Å². The Bertz CT molecular complexity index is 610. The molecule has 1 atom stereocenters. The first kappa shape index (κ1) is 17.8. The topological polar surface area (TPSA) is 71.4 Å². The molecule has 0 aliphatic rings. The Morgan fingerprint density at radius 3 is 2.71 bits per heavy atom. The molecule has 0 saturated carbocycles. The molecular weight excluding hydrogens is 306 g/mol. The average molecular weight is 331 g/mol. The number of carbonyl (C=O) groups excluding carboxylic acids is 1. The Balaban J connectivity index is 1.75. The Hall–Kier alpha value is -2.54. The molecule has 0 spiro atoms. The van der Waals surface area contributed by atoms with E-state index in [4.69, 9.17) is 4.74 Å². The van der Waals surface area contributed by atoms with E-state index in [2.05, 4.69) is 20.5 Å². The molecule has 0 radical (unpaired) electrons. The van der Waals surface area contributed by atoms with Crippen molar-refractivity contribution in [3.63, 3.8) is 0 Å². The molecule has 1 aromatic heterocycles. The maximum Gasteiger partial charge on any atom is 0.319 e. The highest BCUT2D eigenvalue weighted by Gasteiger charge is 2.08. The molecular formula is C17H25N5O2. The number of imidazole rings is 1. The third kappa shape index (κ3) is 6.29. The number of aromatic nitrogens is 2. The summed E-state index contributed by atoms with van der Waals surface area (Å²) in [6.07, 6.45) is 5.31. The number of rotatable bonds is 8. The van der Waals surface area contributed by atoms with Crippen LogP contribution in [0.4, 0.5) is 10.5 Å². The first-order valence-corrected chi connectivity index (χ1v) is 7.94. The van der Waals surface area contributed by atoms with E-state index in [1.807, 2.05) is 56.0 Å². The molecule has 1 aromatic carbocycles. The summed E-state index contributed by atoms with van der Waals surface area (Å²) in [5.41, 5.74) is 0.724. The van der Waals surface area contributed by atoms with Crippen molar-refractivity contribution in [3.8, 4) is 5.75 Å². The number of amides is 2. The Morgan fingerprint density at radius 2 is 2.08 bits per heavy atom. The summed E-state index contributed by atoms with van der Waals surface area (Å²) in [4.78, 5) is 18.0. The van der Waals surface area contributed by atoms with Crippen LogP contribution in [0.15, 0.2) is 43.0 Å². The second kappa shape index (κ2) is 8.93. The smallest absolute Gasteiger partial charge is 0.319 e. The summed E-state index contributed by atoms with van der Waals surface area (Å²) in [7, 11) is 4.01. The van der Waals surface area contributed by atoms with E-state index in [9.17, 15) is 4.79 Å². The van der Waals surface area contributed by atoms with Crippen molar-refractivity contribution in [2.24, 2.45) is 0 Å². The van der Waals surface area contributed by atoms with Gasteiger partial charge in [-0.25, -0.2) is 9.78 Å². The standard InChI is InChI=1S/C17H25N5O2/c1-14(12-22-9-8-18-13-22)19-17(23)20-15-4-6-16(7-5-15)24-11-10-21(2)3/h4-9,13-14H,10-12H2,1-3H3,(H2,19,20,23)/t14-/m1/s1.